The van der Waals surface area contributed by atoms with Crippen molar-refractivity contribution < 1.29 is 4.42 Å². The Balaban J connectivity index is 0.000000686. The van der Waals surface area contributed by atoms with E-state index < -0.39 is 0 Å². The summed E-state index contributed by atoms with van der Waals surface area (Å²) in [4.78, 5) is 0. The summed E-state index contributed by atoms with van der Waals surface area (Å²) in [5, 5.41) is 0. The molecule has 2 nitrogen and oxygen atoms in total. The van der Waals surface area contributed by atoms with E-state index in [0.717, 1.165) is 24.4 Å². The molecule has 1 N–H and O–H groups in total. The number of rotatable bonds is 3. The van der Waals surface area contributed by atoms with Crippen LogP contribution in [0.5, 0.6) is 0 Å². The largest absolute Gasteiger partial charge is 0.462 e. The lowest BCUT2D eigenvalue weighted by Gasteiger charge is -2.12. The van der Waals surface area contributed by atoms with Gasteiger partial charge in [0.05, 0.1) is 0 Å². The highest BCUT2D eigenvalue weighted by Gasteiger charge is 2.10. The van der Waals surface area contributed by atoms with Gasteiger partial charge in [-0.05, 0) is 43.5 Å². The second kappa shape index (κ2) is 7.28. The standard InChI is InChI=1S/C12H15NOS.C2H6/c1-9-6-7-12(14-9)10-4-3-5-11(8-10)13-15-2;1-2/h5-8,13H,3-4H2,1-2H3;1-2H3. The van der Waals surface area contributed by atoms with E-state index >= 15 is 0 Å². The summed E-state index contributed by atoms with van der Waals surface area (Å²) in [5.74, 6) is 1.97. The molecule has 0 saturated carbocycles. The quantitative estimate of drug-likeness (QED) is 0.798. The maximum absolute atomic E-state index is 5.62. The van der Waals surface area contributed by atoms with Crippen LogP contribution in [0.3, 0.4) is 0 Å². The van der Waals surface area contributed by atoms with Gasteiger partial charge in [0, 0.05) is 12.0 Å². The normalized spacial score (nSPS) is 14.4. The third-order valence-electron chi connectivity index (χ3n) is 2.38. The summed E-state index contributed by atoms with van der Waals surface area (Å²) in [7, 11) is 0. The van der Waals surface area contributed by atoms with Crippen LogP contribution in [0.4, 0.5) is 0 Å². The van der Waals surface area contributed by atoms with Crippen LogP contribution in [0.25, 0.3) is 5.57 Å². The van der Waals surface area contributed by atoms with Crippen molar-refractivity contribution in [3.05, 3.63) is 41.5 Å². The molecule has 0 unspecified atom stereocenters. The molecule has 1 aromatic heterocycles. The fraction of sp³-hybridized carbons (Fsp3) is 0.429. The molecule has 0 aromatic carbocycles. The third kappa shape index (κ3) is 4.00. The van der Waals surface area contributed by atoms with E-state index in [-0.39, 0.29) is 0 Å². The lowest BCUT2D eigenvalue weighted by Crippen LogP contribution is -2.03. The molecule has 1 heterocycles. The van der Waals surface area contributed by atoms with Crippen LogP contribution < -0.4 is 4.72 Å². The maximum atomic E-state index is 5.62. The van der Waals surface area contributed by atoms with Crippen molar-refractivity contribution in [1.29, 1.82) is 0 Å². The van der Waals surface area contributed by atoms with Gasteiger partial charge < -0.3 is 9.14 Å². The Morgan fingerprint density at radius 2 is 2.06 bits per heavy atom. The molecule has 0 aliphatic heterocycles. The summed E-state index contributed by atoms with van der Waals surface area (Å²) in [6, 6.07) is 4.05. The molecule has 0 saturated heterocycles. The van der Waals surface area contributed by atoms with Gasteiger partial charge in [-0.2, -0.15) is 0 Å². The number of aryl methyl sites for hydroxylation is 1. The zero-order valence-electron chi connectivity index (χ0n) is 11.0. The van der Waals surface area contributed by atoms with Crippen molar-refractivity contribution in [3.8, 4) is 0 Å². The van der Waals surface area contributed by atoms with E-state index in [4.69, 9.17) is 4.42 Å². The van der Waals surface area contributed by atoms with Crippen molar-refractivity contribution >= 4 is 17.5 Å². The van der Waals surface area contributed by atoms with Gasteiger partial charge in [0.1, 0.15) is 11.5 Å². The van der Waals surface area contributed by atoms with E-state index in [9.17, 15) is 0 Å². The van der Waals surface area contributed by atoms with E-state index in [1.54, 1.807) is 11.9 Å². The topological polar surface area (TPSA) is 25.2 Å². The minimum atomic E-state index is 0.972. The van der Waals surface area contributed by atoms with Crippen LogP contribution in [0, 0.1) is 6.92 Å². The minimum absolute atomic E-state index is 0.972. The molecule has 3 heteroatoms. The first-order valence-electron chi connectivity index (χ1n) is 6.06. The second-order valence-electron chi connectivity index (χ2n) is 3.58. The van der Waals surface area contributed by atoms with Gasteiger partial charge in [0.25, 0.3) is 0 Å². The summed E-state index contributed by atoms with van der Waals surface area (Å²) >= 11 is 1.62. The zero-order chi connectivity index (χ0) is 12.7. The average molecular weight is 251 g/mol. The van der Waals surface area contributed by atoms with E-state index in [0.29, 0.717) is 0 Å². The van der Waals surface area contributed by atoms with Crippen LogP contribution in [0.1, 0.15) is 38.2 Å². The Morgan fingerprint density at radius 3 is 2.65 bits per heavy atom. The lowest BCUT2D eigenvalue weighted by molar-refractivity contribution is 0.519. The number of nitrogens with one attached hydrogen (secondary N) is 1. The van der Waals surface area contributed by atoms with E-state index in [1.807, 2.05) is 39.2 Å². The van der Waals surface area contributed by atoms with Crippen LogP contribution in [0.2, 0.25) is 0 Å². The van der Waals surface area contributed by atoms with E-state index in [2.05, 4.69) is 16.9 Å². The molecule has 0 fully saturated rings. The van der Waals surface area contributed by atoms with Crippen LogP contribution in [-0.4, -0.2) is 6.26 Å². The second-order valence-corrected chi connectivity index (χ2v) is 4.20. The van der Waals surface area contributed by atoms with Gasteiger partial charge in [-0.25, -0.2) is 0 Å². The van der Waals surface area contributed by atoms with Gasteiger partial charge in [0.15, 0.2) is 0 Å². The smallest absolute Gasteiger partial charge is 0.130 e. The SMILES string of the molecule is CC.CSNC1=CCCC(c2ccc(C)o2)=C1. The molecule has 0 amide bonds. The summed E-state index contributed by atoms with van der Waals surface area (Å²) in [6.07, 6.45) is 8.55. The monoisotopic (exact) mass is 251 g/mol. The van der Waals surface area contributed by atoms with Gasteiger partial charge >= 0.3 is 0 Å². The average Bonchev–Trinajstić information content (AvgIpc) is 2.79. The number of allylic oxidation sites excluding steroid dienone is 3. The molecule has 1 aliphatic carbocycles. The van der Waals surface area contributed by atoms with Crippen LogP contribution in [-0.2, 0) is 0 Å². The van der Waals surface area contributed by atoms with Crippen molar-refractivity contribution in [2.24, 2.45) is 0 Å². The highest BCUT2D eigenvalue weighted by Crippen LogP contribution is 2.27. The first-order valence-corrected chi connectivity index (χ1v) is 7.28. The Labute approximate surface area is 108 Å². The fourth-order valence-electron chi connectivity index (χ4n) is 1.69. The van der Waals surface area contributed by atoms with Crippen molar-refractivity contribution in [3.63, 3.8) is 0 Å². The van der Waals surface area contributed by atoms with Crippen LogP contribution >= 0.6 is 11.9 Å². The van der Waals surface area contributed by atoms with E-state index in [1.165, 1.54) is 11.3 Å². The van der Waals surface area contributed by atoms with Gasteiger partial charge in [0.2, 0.25) is 0 Å². The molecule has 0 atom stereocenters. The lowest BCUT2D eigenvalue weighted by atomic mass is 10.0. The molecule has 17 heavy (non-hydrogen) atoms. The van der Waals surface area contributed by atoms with Crippen molar-refractivity contribution in [2.75, 3.05) is 6.26 Å². The Kier molecular flexibility index (Phi) is 5.98. The fourth-order valence-corrected chi connectivity index (χ4v) is 2.07. The summed E-state index contributed by atoms with van der Waals surface area (Å²) in [5.41, 5.74) is 2.46. The highest BCUT2D eigenvalue weighted by atomic mass is 32.2. The molecular weight excluding hydrogens is 230 g/mol. The van der Waals surface area contributed by atoms with Gasteiger partial charge in [-0.3, -0.25) is 0 Å². The molecule has 2 rings (SSSR count). The van der Waals surface area contributed by atoms with Gasteiger partial charge in [-0.1, -0.05) is 31.9 Å². The molecular formula is C14H21NOS. The molecule has 94 valence electrons. The number of furan rings is 1. The Bertz CT molecular complexity index is 404. The summed E-state index contributed by atoms with van der Waals surface area (Å²) in [6.45, 7) is 5.98. The van der Waals surface area contributed by atoms with Crippen LogP contribution in [0.15, 0.2) is 34.4 Å². The summed E-state index contributed by atoms with van der Waals surface area (Å²) < 4.78 is 8.87. The third-order valence-corrected chi connectivity index (χ3v) is 2.82. The first-order chi connectivity index (χ1) is 8.29. The van der Waals surface area contributed by atoms with Gasteiger partial charge in [-0.15, -0.1) is 0 Å². The molecule has 0 bridgehead atoms. The first kappa shape index (κ1) is 14.0. The van der Waals surface area contributed by atoms with Crippen molar-refractivity contribution in [1.82, 2.24) is 4.72 Å². The minimum Gasteiger partial charge on any atom is -0.462 e. The van der Waals surface area contributed by atoms with Crippen molar-refractivity contribution in [2.45, 2.75) is 33.6 Å². The molecule has 1 aromatic rings. The molecule has 0 spiro atoms. The highest BCUT2D eigenvalue weighted by molar-refractivity contribution is 7.96. The Hall–Kier alpha value is -1.09. The predicted octanol–water partition coefficient (Wildman–Crippen LogP) is 4.54. The Morgan fingerprint density at radius 1 is 1.29 bits per heavy atom. The number of hydrogen-bond acceptors (Lipinski definition) is 3. The maximum Gasteiger partial charge on any atom is 0.130 e. The number of hydrogen-bond donors (Lipinski definition) is 1. The zero-order valence-corrected chi connectivity index (χ0v) is 11.9. The molecule has 0 radical (unpaired) electrons. The predicted molar refractivity (Wildman–Crippen MR) is 76.7 cm³/mol. The molecule has 1 aliphatic rings.